The first-order valence-electron chi connectivity index (χ1n) is 6.47. The minimum absolute atomic E-state index is 0.213. The van der Waals surface area contributed by atoms with Gasteiger partial charge in [0.15, 0.2) is 0 Å². The highest BCUT2D eigenvalue weighted by Gasteiger charge is 2.16. The van der Waals surface area contributed by atoms with Crippen molar-refractivity contribution in [2.75, 3.05) is 0 Å². The normalized spacial score (nSPS) is 10.7. The molecule has 0 spiro atoms. The van der Waals surface area contributed by atoms with Crippen molar-refractivity contribution in [2.45, 2.75) is 6.54 Å². The van der Waals surface area contributed by atoms with E-state index >= 15 is 0 Å². The molecule has 0 saturated carbocycles. The fourth-order valence-electron chi connectivity index (χ4n) is 2.27. The summed E-state index contributed by atoms with van der Waals surface area (Å²) < 4.78 is 3.50. The van der Waals surface area contributed by atoms with E-state index < -0.39 is 5.97 Å². The van der Waals surface area contributed by atoms with Crippen molar-refractivity contribution in [3.05, 3.63) is 60.2 Å². The lowest BCUT2D eigenvalue weighted by molar-refractivity contribution is 0.0695. The Morgan fingerprint density at radius 1 is 1.29 bits per heavy atom. The van der Waals surface area contributed by atoms with Gasteiger partial charge in [0.2, 0.25) is 0 Å². The predicted molar refractivity (Wildman–Crippen MR) is 76.9 cm³/mol. The molecule has 2 heterocycles. The first-order chi connectivity index (χ1) is 10.2. The Labute approximate surface area is 121 Å². The number of carboxylic acids is 1. The molecule has 0 unspecified atom stereocenters. The van der Waals surface area contributed by atoms with Gasteiger partial charge in [-0.15, -0.1) is 0 Å². The van der Waals surface area contributed by atoms with Crippen molar-refractivity contribution in [3.8, 4) is 11.4 Å². The minimum Gasteiger partial charge on any atom is -0.478 e. The summed E-state index contributed by atoms with van der Waals surface area (Å²) >= 11 is 0. The first-order valence-corrected chi connectivity index (χ1v) is 6.47. The SMILES string of the molecule is Cn1ncc(C(=O)O)c1Cn1ccnc1-c1ccccc1. The van der Waals surface area contributed by atoms with E-state index in [9.17, 15) is 9.90 Å². The number of hydrogen-bond donors (Lipinski definition) is 1. The van der Waals surface area contributed by atoms with Gasteiger partial charge >= 0.3 is 5.97 Å². The molecule has 0 amide bonds. The highest BCUT2D eigenvalue weighted by atomic mass is 16.4. The Morgan fingerprint density at radius 3 is 2.76 bits per heavy atom. The maximum Gasteiger partial charge on any atom is 0.339 e. The lowest BCUT2D eigenvalue weighted by Crippen LogP contribution is -2.10. The third kappa shape index (κ3) is 2.43. The van der Waals surface area contributed by atoms with Crippen molar-refractivity contribution in [3.63, 3.8) is 0 Å². The van der Waals surface area contributed by atoms with Crippen LogP contribution in [0.4, 0.5) is 0 Å². The molecule has 0 bridgehead atoms. The van der Waals surface area contributed by atoms with E-state index in [2.05, 4.69) is 10.1 Å². The van der Waals surface area contributed by atoms with Crippen molar-refractivity contribution in [2.24, 2.45) is 7.05 Å². The van der Waals surface area contributed by atoms with Gasteiger partial charge in [0, 0.05) is 25.0 Å². The molecular weight excluding hydrogens is 268 g/mol. The summed E-state index contributed by atoms with van der Waals surface area (Å²) in [5.74, 6) is -0.174. The van der Waals surface area contributed by atoms with E-state index in [1.807, 2.05) is 41.1 Å². The zero-order valence-corrected chi connectivity index (χ0v) is 11.5. The van der Waals surface area contributed by atoms with Crippen LogP contribution in [0.15, 0.2) is 48.9 Å². The summed E-state index contributed by atoms with van der Waals surface area (Å²) in [7, 11) is 1.74. The summed E-state index contributed by atoms with van der Waals surface area (Å²) in [5.41, 5.74) is 1.84. The first kappa shape index (κ1) is 13.1. The Bertz CT molecular complexity index is 774. The van der Waals surface area contributed by atoms with Crippen LogP contribution in [0.2, 0.25) is 0 Å². The molecule has 3 rings (SSSR count). The number of aromatic nitrogens is 4. The van der Waals surface area contributed by atoms with Crippen molar-refractivity contribution < 1.29 is 9.90 Å². The van der Waals surface area contributed by atoms with E-state index in [1.165, 1.54) is 6.20 Å². The Morgan fingerprint density at radius 2 is 2.05 bits per heavy atom. The number of benzene rings is 1. The lowest BCUT2D eigenvalue weighted by atomic mass is 10.2. The third-order valence-electron chi connectivity index (χ3n) is 3.36. The third-order valence-corrected chi connectivity index (χ3v) is 3.36. The van der Waals surface area contributed by atoms with Gasteiger partial charge in [0.25, 0.3) is 0 Å². The number of carbonyl (C=O) groups is 1. The summed E-state index contributed by atoms with van der Waals surface area (Å²) in [6.45, 7) is 0.405. The number of aryl methyl sites for hydroxylation is 1. The van der Waals surface area contributed by atoms with Crippen LogP contribution < -0.4 is 0 Å². The molecular formula is C15H14N4O2. The van der Waals surface area contributed by atoms with Gasteiger partial charge in [-0.2, -0.15) is 5.10 Å². The van der Waals surface area contributed by atoms with Crippen LogP contribution in [-0.4, -0.2) is 30.4 Å². The maximum absolute atomic E-state index is 11.2. The largest absolute Gasteiger partial charge is 0.478 e. The molecule has 3 aromatic rings. The Hall–Kier alpha value is -2.89. The number of nitrogens with zero attached hydrogens (tertiary/aromatic N) is 4. The Kier molecular flexibility index (Phi) is 3.27. The van der Waals surface area contributed by atoms with E-state index in [0.29, 0.717) is 12.2 Å². The molecule has 0 radical (unpaired) electrons. The highest BCUT2D eigenvalue weighted by molar-refractivity contribution is 5.88. The van der Waals surface area contributed by atoms with E-state index in [4.69, 9.17) is 0 Å². The number of carboxylic acid groups (broad SMARTS) is 1. The van der Waals surface area contributed by atoms with Crippen LogP contribution in [0.5, 0.6) is 0 Å². The van der Waals surface area contributed by atoms with Crippen LogP contribution >= 0.6 is 0 Å². The zero-order chi connectivity index (χ0) is 14.8. The molecule has 106 valence electrons. The second-order valence-electron chi connectivity index (χ2n) is 4.68. The van der Waals surface area contributed by atoms with Gasteiger partial charge in [-0.25, -0.2) is 9.78 Å². The number of aromatic carboxylic acids is 1. The molecule has 6 nitrogen and oxygen atoms in total. The number of imidazole rings is 1. The molecule has 0 aliphatic rings. The van der Waals surface area contributed by atoms with Gasteiger partial charge in [-0.1, -0.05) is 30.3 Å². The van der Waals surface area contributed by atoms with Crippen LogP contribution in [0.1, 0.15) is 16.1 Å². The van der Waals surface area contributed by atoms with E-state index in [0.717, 1.165) is 11.4 Å². The second kappa shape index (κ2) is 5.24. The van der Waals surface area contributed by atoms with Gasteiger partial charge in [-0.05, 0) is 0 Å². The second-order valence-corrected chi connectivity index (χ2v) is 4.68. The van der Waals surface area contributed by atoms with Gasteiger partial charge in [0.05, 0.1) is 18.4 Å². The predicted octanol–water partition coefficient (Wildman–Crippen LogP) is 2.03. The summed E-state index contributed by atoms with van der Waals surface area (Å²) in [4.78, 5) is 15.6. The molecule has 6 heteroatoms. The van der Waals surface area contributed by atoms with Crippen LogP contribution in [0.25, 0.3) is 11.4 Å². The Balaban J connectivity index is 1.99. The summed E-state index contributed by atoms with van der Waals surface area (Å²) in [6, 6.07) is 9.78. The standard InChI is InChI=1S/C15H14N4O2/c1-18-13(12(9-17-18)15(20)21)10-19-8-7-16-14(19)11-5-3-2-4-6-11/h2-9H,10H2,1H3,(H,20,21). The molecule has 1 N–H and O–H groups in total. The molecule has 2 aromatic heterocycles. The van der Waals surface area contributed by atoms with E-state index in [-0.39, 0.29) is 5.56 Å². The van der Waals surface area contributed by atoms with Crippen LogP contribution in [0, 0.1) is 0 Å². The summed E-state index contributed by atoms with van der Waals surface area (Å²) in [5, 5.41) is 13.2. The monoisotopic (exact) mass is 282 g/mol. The van der Waals surface area contributed by atoms with Crippen molar-refractivity contribution >= 4 is 5.97 Å². The highest BCUT2D eigenvalue weighted by Crippen LogP contribution is 2.19. The minimum atomic E-state index is -0.973. The molecule has 0 saturated heterocycles. The zero-order valence-electron chi connectivity index (χ0n) is 11.5. The number of rotatable bonds is 4. The van der Waals surface area contributed by atoms with Crippen molar-refractivity contribution in [1.29, 1.82) is 0 Å². The fourth-order valence-corrected chi connectivity index (χ4v) is 2.27. The molecule has 0 aliphatic heterocycles. The van der Waals surface area contributed by atoms with Gasteiger partial charge in [0.1, 0.15) is 11.4 Å². The van der Waals surface area contributed by atoms with Gasteiger partial charge in [-0.3, -0.25) is 4.68 Å². The maximum atomic E-state index is 11.2. The molecule has 0 aliphatic carbocycles. The number of hydrogen-bond acceptors (Lipinski definition) is 3. The summed E-state index contributed by atoms with van der Waals surface area (Å²) in [6.07, 6.45) is 4.91. The van der Waals surface area contributed by atoms with Gasteiger partial charge < -0.3 is 9.67 Å². The van der Waals surface area contributed by atoms with Crippen molar-refractivity contribution in [1.82, 2.24) is 19.3 Å². The molecule has 21 heavy (non-hydrogen) atoms. The van der Waals surface area contributed by atoms with Crippen LogP contribution in [0.3, 0.4) is 0 Å². The molecule has 0 atom stereocenters. The fraction of sp³-hybridized carbons (Fsp3) is 0.133. The lowest BCUT2D eigenvalue weighted by Gasteiger charge is -2.09. The molecule has 1 aromatic carbocycles. The van der Waals surface area contributed by atoms with Crippen LogP contribution in [-0.2, 0) is 13.6 Å². The van der Waals surface area contributed by atoms with E-state index in [1.54, 1.807) is 17.9 Å². The average Bonchev–Trinajstić information content (AvgIpc) is 3.08. The molecule has 0 fully saturated rings. The average molecular weight is 282 g/mol. The topological polar surface area (TPSA) is 72.9 Å². The quantitative estimate of drug-likeness (QED) is 0.794. The smallest absolute Gasteiger partial charge is 0.339 e.